The summed E-state index contributed by atoms with van der Waals surface area (Å²) in [6.07, 6.45) is 0. The lowest BCUT2D eigenvalue weighted by molar-refractivity contribution is -0.113. The number of nitrogens with zero attached hydrogens (tertiary/aromatic N) is 2. The van der Waals surface area contributed by atoms with Crippen LogP contribution in [0.3, 0.4) is 0 Å². The van der Waals surface area contributed by atoms with Gasteiger partial charge in [-0.25, -0.2) is 4.98 Å². The fraction of sp³-hybridized carbons (Fsp3) is 0.0645. The number of nitriles is 1. The average Bonchev–Trinajstić information content (AvgIpc) is 2.96. The number of anilines is 1. The highest BCUT2D eigenvalue weighted by atomic mass is 32.2. The molecule has 0 atom stereocenters. The van der Waals surface area contributed by atoms with Crippen LogP contribution in [0.5, 0.6) is 5.75 Å². The third-order valence-electron chi connectivity index (χ3n) is 5.96. The molecular formula is C31H23N3O2S. The van der Waals surface area contributed by atoms with Crippen LogP contribution in [-0.2, 0) is 4.79 Å². The summed E-state index contributed by atoms with van der Waals surface area (Å²) in [6.45, 7) is 0. The molecule has 37 heavy (non-hydrogen) atoms. The van der Waals surface area contributed by atoms with E-state index in [0.29, 0.717) is 22.0 Å². The zero-order valence-electron chi connectivity index (χ0n) is 20.1. The molecule has 0 unspecified atom stereocenters. The van der Waals surface area contributed by atoms with E-state index in [2.05, 4.69) is 29.6 Å². The topological polar surface area (TPSA) is 75.0 Å². The Bertz CT molecular complexity index is 1610. The number of benzene rings is 4. The molecule has 0 saturated carbocycles. The minimum Gasteiger partial charge on any atom is -0.497 e. The predicted molar refractivity (Wildman–Crippen MR) is 150 cm³/mol. The summed E-state index contributed by atoms with van der Waals surface area (Å²) in [7, 11) is 1.60. The fourth-order valence-electron chi connectivity index (χ4n) is 4.17. The van der Waals surface area contributed by atoms with Gasteiger partial charge in [0.05, 0.1) is 24.1 Å². The third-order valence-corrected chi connectivity index (χ3v) is 6.94. The lowest BCUT2D eigenvalue weighted by Crippen LogP contribution is -2.14. The number of hydrogen-bond acceptors (Lipinski definition) is 5. The summed E-state index contributed by atoms with van der Waals surface area (Å²) >= 11 is 1.26. The number of nitrogens with one attached hydrogen (secondary N) is 1. The summed E-state index contributed by atoms with van der Waals surface area (Å²) in [4.78, 5) is 17.6. The van der Waals surface area contributed by atoms with Crippen LogP contribution in [-0.4, -0.2) is 23.8 Å². The number of aromatic nitrogens is 1. The zero-order valence-corrected chi connectivity index (χ0v) is 21.0. The summed E-state index contributed by atoms with van der Waals surface area (Å²) in [5.74, 6) is 0.646. The Morgan fingerprint density at radius 1 is 0.919 bits per heavy atom. The van der Waals surface area contributed by atoms with Gasteiger partial charge in [0, 0.05) is 16.8 Å². The normalized spacial score (nSPS) is 10.6. The fourth-order valence-corrected chi connectivity index (χ4v) is 4.97. The number of amides is 1. The highest BCUT2D eigenvalue weighted by Gasteiger charge is 2.18. The molecule has 1 heterocycles. The Hall–Kier alpha value is -4.60. The van der Waals surface area contributed by atoms with Crippen LogP contribution in [0.1, 0.15) is 5.56 Å². The second-order valence-corrected chi connectivity index (χ2v) is 9.27. The summed E-state index contributed by atoms with van der Waals surface area (Å²) < 4.78 is 5.17. The molecule has 6 heteroatoms. The monoisotopic (exact) mass is 501 g/mol. The number of pyridine rings is 1. The molecule has 180 valence electrons. The van der Waals surface area contributed by atoms with Gasteiger partial charge in [-0.3, -0.25) is 4.79 Å². The molecule has 0 bridgehead atoms. The molecule has 5 aromatic rings. The maximum absolute atomic E-state index is 12.8. The van der Waals surface area contributed by atoms with Crippen molar-refractivity contribution in [3.63, 3.8) is 0 Å². The Morgan fingerprint density at radius 2 is 1.65 bits per heavy atom. The first-order chi connectivity index (χ1) is 18.2. The first-order valence-corrected chi connectivity index (χ1v) is 12.7. The van der Waals surface area contributed by atoms with Crippen molar-refractivity contribution in [2.45, 2.75) is 5.03 Å². The van der Waals surface area contributed by atoms with E-state index in [1.54, 1.807) is 31.4 Å². The molecule has 1 N–H and O–H groups in total. The molecule has 5 nitrogen and oxygen atoms in total. The Balaban J connectivity index is 1.52. The van der Waals surface area contributed by atoms with Gasteiger partial charge in [-0.1, -0.05) is 84.6 Å². The van der Waals surface area contributed by atoms with Crippen LogP contribution in [0.25, 0.3) is 33.2 Å². The highest BCUT2D eigenvalue weighted by Crippen LogP contribution is 2.36. The Labute approximate surface area is 219 Å². The van der Waals surface area contributed by atoms with Gasteiger partial charge in [0.25, 0.3) is 0 Å². The smallest absolute Gasteiger partial charge is 0.234 e. The second kappa shape index (κ2) is 11.0. The van der Waals surface area contributed by atoms with Crippen molar-refractivity contribution in [2.75, 3.05) is 18.2 Å². The molecule has 5 rings (SSSR count). The highest BCUT2D eigenvalue weighted by molar-refractivity contribution is 8.00. The van der Waals surface area contributed by atoms with E-state index in [-0.39, 0.29) is 11.7 Å². The van der Waals surface area contributed by atoms with Crippen molar-refractivity contribution in [1.82, 2.24) is 4.98 Å². The van der Waals surface area contributed by atoms with Gasteiger partial charge in [-0.2, -0.15) is 5.26 Å². The lowest BCUT2D eigenvalue weighted by atomic mass is 9.97. The van der Waals surface area contributed by atoms with Gasteiger partial charge < -0.3 is 10.1 Å². The number of carbonyl (C=O) groups is 1. The van der Waals surface area contributed by atoms with E-state index in [9.17, 15) is 10.1 Å². The molecular weight excluding hydrogens is 478 g/mol. The molecule has 1 aromatic heterocycles. The number of thioether (sulfide) groups is 1. The zero-order chi connectivity index (χ0) is 25.6. The largest absolute Gasteiger partial charge is 0.497 e. The van der Waals surface area contributed by atoms with Crippen LogP contribution < -0.4 is 10.1 Å². The summed E-state index contributed by atoms with van der Waals surface area (Å²) in [5, 5.41) is 15.7. The first kappa shape index (κ1) is 24.1. The molecule has 0 spiro atoms. The standard InChI is InChI=1S/C31H23N3O2S/c1-36-24-16-14-23(15-17-24)33-30(35)20-37-31-28(19-32)27(22-8-3-2-4-9-22)18-29(34-31)26-13-7-11-21-10-5-6-12-25(21)26/h2-18H,20H2,1H3,(H,33,35). The predicted octanol–water partition coefficient (Wildman–Crippen LogP) is 7.18. The van der Waals surface area contributed by atoms with Crippen molar-refractivity contribution in [1.29, 1.82) is 5.26 Å². The van der Waals surface area contributed by atoms with Gasteiger partial charge in [0.15, 0.2) is 0 Å². The summed E-state index contributed by atoms with van der Waals surface area (Å²) in [6, 6.07) is 35.5. The average molecular weight is 502 g/mol. The van der Waals surface area contributed by atoms with Gasteiger partial charge in [0.1, 0.15) is 16.8 Å². The molecule has 0 radical (unpaired) electrons. The van der Waals surface area contributed by atoms with E-state index >= 15 is 0 Å². The quantitative estimate of drug-likeness (QED) is 0.239. The molecule has 1 amide bonds. The summed E-state index contributed by atoms with van der Waals surface area (Å²) in [5.41, 5.74) is 4.58. The van der Waals surface area contributed by atoms with E-state index in [1.165, 1.54) is 11.8 Å². The minimum atomic E-state index is -0.183. The van der Waals surface area contributed by atoms with Gasteiger partial charge in [0.2, 0.25) is 5.91 Å². The van der Waals surface area contributed by atoms with Crippen molar-refractivity contribution < 1.29 is 9.53 Å². The Morgan fingerprint density at radius 3 is 2.41 bits per heavy atom. The van der Waals surface area contributed by atoms with Crippen LogP contribution in [0.4, 0.5) is 5.69 Å². The van der Waals surface area contributed by atoms with E-state index < -0.39 is 0 Å². The van der Waals surface area contributed by atoms with Crippen LogP contribution in [0.2, 0.25) is 0 Å². The van der Waals surface area contributed by atoms with Crippen molar-refractivity contribution in [2.24, 2.45) is 0 Å². The molecule has 0 aliphatic rings. The van der Waals surface area contributed by atoms with Crippen molar-refractivity contribution in [3.8, 4) is 34.2 Å². The first-order valence-electron chi connectivity index (χ1n) is 11.7. The van der Waals surface area contributed by atoms with Gasteiger partial charge >= 0.3 is 0 Å². The van der Waals surface area contributed by atoms with Crippen LogP contribution >= 0.6 is 11.8 Å². The van der Waals surface area contributed by atoms with Gasteiger partial charge in [-0.05, 0) is 46.7 Å². The number of rotatable bonds is 7. The van der Waals surface area contributed by atoms with E-state index in [1.807, 2.05) is 60.7 Å². The SMILES string of the molecule is COc1ccc(NC(=O)CSc2nc(-c3cccc4ccccc34)cc(-c3ccccc3)c2C#N)cc1. The number of ether oxygens (including phenoxy) is 1. The lowest BCUT2D eigenvalue weighted by Gasteiger charge is -2.14. The molecule has 0 fully saturated rings. The van der Waals surface area contributed by atoms with Crippen LogP contribution in [0, 0.1) is 11.3 Å². The number of fused-ring (bicyclic) bond motifs is 1. The maximum atomic E-state index is 12.8. The maximum Gasteiger partial charge on any atom is 0.234 e. The van der Waals surface area contributed by atoms with E-state index in [4.69, 9.17) is 9.72 Å². The van der Waals surface area contributed by atoms with Gasteiger partial charge in [-0.15, -0.1) is 0 Å². The Kier molecular flexibility index (Phi) is 7.16. The molecule has 4 aromatic carbocycles. The van der Waals surface area contributed by atoms with Crippen LogP contribution in [0.15, 0.2) is 108 Å². The number of methoxy groups -OCH3 is 1. The third kappa shape index (κ3) is 5.32. The minimum absolute atomic E-state index is 0.112. The number of carbonyl (C=O) groups excluding carboxylic acids is 1. The van der Waals surface area contributed by atoms with E-state index in [0.717, 1.165) is 33.2 Å². The second-order valence-electron chi connectivity index (χ2n) is 8.31. The number of hydrogen-bond donors (Lipinski definition) is 1. The van der Waals surface area contributed by atoms with Crippen molar-refractivity contribution >= 4 is 34.1 Å². The molecule has 0 aliphatic heterocycles. The molecule has 0 saturated heterocycles. The molecule has 0 aliphatic carbocycles. The van der Waals surface area contributed by atoms with Crippen molar-refractivity contribution in [3.05, 3.63) is 109 Å².